The van der Waals surface area contributed by atoms with Crippen LogP contribution >= 0.6 is 0 Å². The number of anilines is 2. The highest BCUT2D eigenvalue weighted by Gasteiger charge is 2.10. The van der Waals surface area contributed by atoms with E-state index >= 15 is 0 Å². The maximum absolute atomic E-state index is 4.42. The SMILES string of the molecule is CCCc1c(NCC)ncnc1NCc1ccccc1C. The van der Waals surface area contributed by atoms with Crippen LogP contribution in [0.4, 0.5) is 11.6 Å². The summed E-state index contributed by atoms with van der Waals surface area (Å²) < 4.78 is 0. The molecule has 0 saturated carbocycles. The van der Waals surface area contributed by atoms with E-state index in [0.717, 1.165) is 37.6 Å². The first-order chi connectivity index (χ1) is 10.3. The first-order valence-corrected chi connectivity index (χ1v) is 7.62. The Kier molecular flexibility index (Phi) is 5.55. The molecule has 2 rings (SSSR count). The molecular formula is C17H24N4. The van der Waals surface area contributed by atoms with Crippen molar-refractivity contribution in [1.82, 2.24) is 9.97 Å². The van der Waals surface area contributed by atoms with E-state index < -0.39 is 0 Å². The van der Waals surface area contributed by atoms with Gasteiger partial charge in [-0.15, -0.1) is 0 Å². The van der Waals surface area contributed by atoms with E-state index in [1.807, 2.05) is 0 Å². The number of hydrogen-bond acceptors (Lipinski definition) is 4. The molecule has 4 nitrogen and oxygen atoms in total. The van der Waals surface area contributed by atoms with Crippen LogP contribution in [0.1, 0.15) is 37.0 Å². The molecule has 2 aromatic rings. The van der Waals surface area contributed by atoms with Crippen molar-refractivity contribution < 1.29 is 0 Å². The number of rotatable bonds is 7. The van der Waals surface area contributed by atoms with Crippen LogP contribution in [0, 0.1) is 6.92 Å². The Morgan fingerprint density at radius 2 is 1.71 bits per heavy atom. The lowest BCUT2D eigenvalue weighted by molar-refractivity contribution is 0.895. The molecule has 1 aromatic carbocycles. The number of nitrogens with zero attached hydrogens (tertiary/aromatic N) is 2. The molecule has 1 heterocycles. The molecule has 112 valence electrons. The van der Waals surface area contributed by atoms with E-state index in [1.165, 1.54) is 16.7 Å². The van der Waals surface area contributed by atoms with Crippen LogP contribution in [-0.2, 0) is 13.0 Å². The quantitative estimate of drug-likeness (QED) is 0.812. The Balaban J connectivity index is 2.19. The van der Waals surface area contributed by atoms with E-state index in [4.69, 9.17) is 0 Å². The highest BCUT2D eigenvalue weighted by atomic mass is 15.1. The zero-order valence-corrected chi connectivity index (χ0v) is 13.1. The molecule has 0 aliphatic carbocycles. The summed E-state index contributed by atoms with van der Waals surface area (Å²) in [5.74, 6) is 1.88. The van der Waals surface area contributed by atoms with Crippen molar-refractivity contribution in [3.8, 4) is 0 Å². The van der Waals surface area contributed by atoms with Crippen LogP contribution in [0.15, 0.2) is 30.6 Å². The van der Waals surface area contributed by atoms with E-state index in [9.17, 15) is 0 Å². The van der Waals surface area contributed by atoms with E-state index in [-0.39, 0.29) is 0 Å². The van der Waals surface area contributed by atoms with Gasteiger partial charge in [-0.05, 0) is 31.4 Å². The standard InChI is InChI=1S/C17H24N4/c1-4-8-15-16(18-5-2)20-12-21-17(15)19-11-14-10-7-6-9-13(14)3/h6-7,9-10,12H,4-5,8,11H2,1-3H3,(H2,18,19,20,21). The lowest BCUT2D eigenvalue weighted by atomic mass is 10.1. The van der Waals surface area contributed by atoms with Crippen molar-refractivity contribution in [3.05, 3.63) is 47.3 Å². The van der Waals surface area contributed by atoms with E-state index in [1.54, 1.807) is 6.33 Å². The highest BCUT2D eigenvalue weighted by Crippen LogP contribution is 2.22. The zero-order valence-electron chi connectivity index (χ0n) is 13.1. The summed E-state index contributed by atoms with van der Waals surface area (Å²) in [4.78, 5) is 8.78. The van der Waals surface area contributed by atoms with Crippen LogP contribution in [-0.4, -0.2) is 16.5 Å². The molecule has 0 atom stereocenters. The minimum Gasteiger partial charge on any atom is -0.370 e. The Labute approximate surface area is 127 Å². The summed E-state index contributed by atoms with van der Waals surface area (Å²) in [6, 6.07) is 8.42. The Morgan fingerprint density at radius 3 is 2.38 bits per heavy atom. The topological polar surface area (TPSA) is 49.8 Å². The third-order valence-corrected chi connectivity index (χ3v) is 3.50. The molecule has 0 aliphatic heterocycles. The fourth-order valence-corrected chi connectivity index (χ4v) is 2.36. The van der Waals surface area contributed by atoms with Crippen molar-refractivity contribution in [2.45, 2.75) is 40.2 Å². The van der Waals surface area contributed by atoms with Crippen molar-refractivity contribution in [3.63, 3.8) is 0 Å². The van der Waals surface area contributed by atoms with Crippen LogP contribution in [0.2, 0.25) is 0 Å². The van der Waals surface area contributed by atoms with Gasteiger partial charge in [0, 0.05) is 18.7 Å². The molecule has 0 fully saturated rings. The molecule has 0 bridgehead atoms. The fourth-order valence-electron chi connectivity index (χ4n) is 2.36. The van der Waals surface area contributed by atoms with Gasteiger partial charge < -0.3 is 10.6 Å². The summed E-state index contributed by atoms with van der Waals surface area (Å²) in [5.41, 5.74) is 3.77. The predicted molar refractivity (Wildman–Crippen MR) is 88.7 cm³/mol. The Bertz CT molecular complexity index is 581. The summed E-state index contributed by atoms with van der Waals surface area (Å²) >= 11 is 0. The molecule has 0 saturated heterocycles. The van der Waals surface area contributed by atoms with Gasteiger partial charge in [0.25, 0.3) is 0 Å². The number of hydrogen-bond donors (Lipinski definition) is 2. The van der Waals surface area contributed by atoms with Crippen molar-refractivity contribution in [2.24, 2.45) is 0 Å². The van der Waals surface area contributed by atoms with Crippen LogP contribution < -0.4 is 10.6 Å². The van der Waals surface area contributed by atoms with Gasteiger partial charge in [0.2, 0.25) is 0 Å². The van der Waals surface area contributed by atoms with Gasteiger partial charge in [0.05, 0.1) is 0 Å². The minimum absolute atomic E-state index is 0.784. The molecule has 0 amide bonds. The third kappa shape index (κ3) is 3.94. The van der Waals surface area contributed by atoms with Gasteiger partial charge in [-0.25, -0.2) is 9.97 Å². The maximum Gasteiger partial charge on any atom is 0.134 e. The molecule has 0 spiro atoms. The van der Waals surface area contributed by atoms with Gasteiger partial charge in [-0.3, -0.25) is 0 Å². The minimum atomic E-state index is 0.784. The lowest BCUT2D eigenvalue weighted by Crippen LogP contribution is -2.10. The first kappa shape index (κ1) is 15.3. The van der Waals surface area contributed by atoms with Crippen LogP contribution in [0.5, 0.6) is 0 Å². The number of benzene rings is 1. The van der Waals surface area contributed by atoms with Gasteiger partial charge in [0.1, 0.15) is 18.0 Å². The van der Waals surface area contributed by atoms with E-state index in [2.05, 4.69) is 65.6 Å². The third-order valence-electron chi connectivity index (χ3n) is 3.50. The highest BCUT2D eigenvalue weighted by molar-refractivity contribution is 5.57. The van der Waals surface area contributed by atoms with Crippen LogP contribution in [0.25, 0.3) is 0 Å². The Hall–Kier alpha value is -2.10. The normalized spacial score (nSPS) is 10.4. The summed E-state index contributed by atoms with van der Waals surface area (Å²) in [7, 11) is 0. The largest absolute Gasteiger partial charge is 0.370 e. The second-order valence-electron chi connectivity index (χ2n) is 5.11. The van der Waals surface area contributed by atoms with E-state index in [0.29, 0.717) is 0 Å². The molecule has 0 aliphatic rings. The zero-order chi connectivity index (χ0) is 15.1. The molecule has 4 heteroatoms. The molecule has 0 radical (unpaired) electrons. The fraction of sp³-hybridized carbons (Fsp3) is 0.412. The van der Waals surface area contributed by atoms with Crippen molar-refractivity contribution in [1.29, 1.82) is 0 Å². The van der Waals surface area contributed by atoms with Gasteiger partial charge in [0.15, 0.2) is 0 Å². The molecule has 21 heavy (non-hydrogen) atoms. The molecule has 0 unspecified atom stereocenters. The second kappa shape index (κ2) is 7.62. The first-order valence-electron chi connectivity index (χ1n) is 7.62. The monoisotopic (exact) mass is 284 g/mol. The average Bonchev–Trinajstić information content (AvgIpc) is 2.49. The number of aryl methyl sites for hydroxylation is 1. The summed E-state index contributed by atoms with van der Waals surface area (Å²) in [6.07, 6.45) is 3.67. The van der Waals surface area contributed by atoms with Crippen LogP contribution in [0.3, 0.4) is 0 Å². The second-order valence-corrected chi connectivity index (χ2v) is 5.11. The van der Waals surface area contributed by atoms with Gasteiger partial charge >= 0.3 is 0 Å². The Morgan fingerprint density at radius 1 is 1.00 bits per heavy atom. The number of nitrogens with one attached hydrogen (secondary N) is 2. The smallest absolute Gasteiger partial charge is 0.134 e. The molecule has 2 N–H and O–H groups in total. The number of aromatic nitrogens is 2. The van der Waals surface area contributed by atoms with Crippen molar-refractivity contribution >= 4 is 11.6 Å². The van der Waals surface area contributed by atoms with Gasteiger partial charge in [-0.1, -0.05) is 37.6 Å². The van der Waals surface area contributed by atoms with Crippen molar-refractivity contribution in [2.75, 3.05) is 17.2 Å². The molecule has 1 aromatic heterocycles. The molecular weight excluding hydrogens is 260 g/mol. The summed E-state index contributed by atoms with van der Waals surface area (Å²) in [6.45, 7) is 8.04. The lowest BCUT2D eigenvalue weighted by Gasteiger charge is -2.15. The summed E-state index contributed by atoms with van der Waals surface area (Å²) in [5, 5.41) is 6.78. The maximum atomic E-state index is 4.42. The predicted octanol–water partition coefficient (Wildman–Crippen LogP) is 3.78. The average molecular weight is 284 g/mol. The van der Waals surface area contributed by atoms with Gasteiger partial charge in [-0.2, -0.15) is 0 Å².